The number of benzene rings is 4. The van der Waals surface area contributed by atoms with Crippen molar-refractivity contribution in [2.45, 2.75) is 26.7 Å². The second-order valence-corrected chi connectivity index (χ2v) is 13.4. The highest BCUT2D eigenvalue weighted by Crippen LogP contribution is 2.47. The Morgan fingerprint density at radius 3 is 1.19 bits per heavy atom. The molecule has 296 valence electrons. The van der Waals surface area contributed by atoms with Crippen molar-refractivity contribution in [3.05, 3.63) is 128 Å². The Morgan fingerprint density at radius 2 is 0.897 bits per heavy atom. The average Bonchev–Trinajstić information content (AvgIpc) is 3.63. The number of nitrogens with zero attached hydrogens (tertiary/aromatic N) is 4. The molecule has 2 aliphatic rings. The number of methoxy groups -OCH3 is 6. The first-order valence-corrected chi connectivity index (χ1v) is 18.0. The normalized spacial score (nSPS) is 14.2. The molecule has 0 aromatic heterocycles. The molecule has 11 nitrogen and oxygen atoms in total. The lowest BCUT2D eigenvalue weighted by molar-refractivity contribution is -0.116. The molecule has 0 spiro atoms. The predicted octanol–water partition coefficient (Wildman–Crippen LogP) is 9.06. The predicted molar refractivity (Wildman–Crippen MR) is 217 cm³/mol. The molecule has 0 fully saturated rings. The highest BCUT2D eigenvalue weighted by molar-refractivity contribution is 6.65. The Kier molecular flexibility index (Phi) is 11.9. The van der Waals surface area contributed by atoms with Crippen molar-refractivity contribution in [1.82, 2.24) is 0 Å². The van der Waals surface area contributed by atoms with Crippen LogP contribution in [0.1, 0.15) is 60.1 Å². The van der Waals surface area contributed by atoms with Gasteiger partial charge in [0.05, 0.1) is 55.5 Å². The summed E-state index contributed by atoms with van der Waals surface area (Å²) in [6.07, 6.45) is 3.27. The number of fused-ring (bicyclic) bond motifs is 2. The molecule has 0 amide bonds. The van der Waals surface area contributed by atoms with Crippen molar-refractivity contribution in [2.75, 3.05) is 42.7 Å². The van der Waals surface area contributed by atoms with E-state index >= 15 is 0 Å². The first-order valence-electron chi connectivity index (χ1n) is 18.0. The standard InChI is InChI=1S/C45H40F2N4O7/c1-23-31(13-25-15-39(53-3)44(57-7)40(16-25)54-4)29-11-9-27(46)19-35(29)33(23)21-37(50-48)43(52)38(51-49)22-34-24(2)32(30-12-10-28(47)20-36(30)34)14-26-17-41(55-5)45(58-8)42(18-26)56-6/h9-20H,21-22H2,1-8H3/b31-13-,32-14-. The van der Waals surface area contributed by atoms with Crippen molar-refractivity contribution in [2.24, 2.45) is 0 Å². The number of carbonyl (C=O) groups excluding carboxylic acids is 1. The van der Waals surface area contributed by atoms with E-state index in [-0.39, 0.29) is 24.3 Å². The zero-order valence-electron chi connectivity index (χ0n) is 33.2. The molecule has 0 saturated heterocycles. The summed E-state index contributed by atoms with van der Waals surface area (Å²) in [5.41, 5.74) is 27.4. The number of halogens is 2. The molecule has 4 aromatic carbocycles. The Morgan fingerprint density at radius 1 is 0.552 bits per heavy atom. The van der Waals surface area contributed by atoms with Gasteiger partial charge in [-0.25, -0.2) is 8.78 Å². The fraction of sp³-hybridized carbons (Fsp3) is 0.222. The van der Waals surface area contributed by atoms with Gasteiger partial charge in [-0.3, -0.25) is 4.79 Å². The number of hydrogen-bond acceptors (Lipinski definition) is 7. The van der Waals surface area contributed by atoms with Crippen LogP contribution in [0.2, 0.25) is 0 Å². The van der Waals surface area contributed by atoms with Gasteiger partial charge in [0, 0.05) is 0 Å². The van der Waals surface area contributed by atoms with Crippen molar-refractivity contribution in [1.29, 1.82) is 0 Å². The summed E-state index contributed by atoms with van der Waals surface area (Å²) >= 11 is 0. The average molecular weight is 787 g/mol. The summed E-state index contributed by atoms with van der Waals surface area (Å²) in [6.45, 7) is 3.63. The van der Waals surface area contributed by atoms with Crippen LogP contribution in [0.4, 0.5) is 8.78 Å². The molecule has 0 radical (unpaired) electrons. The van der Waals surface area contributed by atoms with Gasteiger partial charge in [0.25, 0.3) is 0 Å². The van der Waals surface area contributed by atoms with Crippen LogP contribution >= 0.6 is 0 Å². The minimum absolute atomic E-state index is 0.237. The van der Waals surface area contributed by atoms with E-state index < -0.39 is 17.4 Å². The maximum Gasteiger partial charge on any atom is 0.351 e. The van der Waals surface area contributed by atoms with E-state index in [9.17, 15) is 24.6 Å². The van der Waals surface area contributed by atoms with Gasteiger partial charge in [-0.2, -0.15) is 9.58 Å². The first kappa shape index (κ1) is 40.6. The Bertz CT molecular complexity index is 2380. The van der Waals surface area contributed by atoms with Crippen LogP contribution in [-0.4, -0.2) is 69.4 Å². The van der Waals surface area contributed by atoms with Gasteiger partial charge < -0.3 is 39.5 Å². The zero-order chi connectivity index (χ0) is 41.8. The fourth-order valence-electron chi connectivity index (χ4n) is 7.49. The van der Waals surface area contributed by atoms with Gasteiger partial charge in [0.15, 0.2) is 23.0 Å². The van der Waals surface area contributed by atoms with E-state index in [0.29, 0.717) is 90.2 Å². The fourth-order valence-corrected chi connectivity index (χ4v) is 7.49. The lowest BCUT2D eigenvalue weighted by Crippen LogP contribution is -2.26. The summed E-state index contributed by atoms with van der Waals surface area (Å²) in [6, 6.07) is 15.7. The smallest absolute Gasteiger partial charge is 0.351 e. The Balaban J connectivity index is 1.37. The van der Waals surface area contributed by atoms with Crippen LogP contribution in [0.25, 0.3) is 45.5 Å². The summed E-state index contributed by atoms with van der Waals surface area (Å²) in [7, 11) is 9.06. The van der Waals surface area contributed by atoms with E-state index in [1.807, 2.05) is 26.0 Å². The molecular weight excluding hydrogens is 747 g/mol. The Hall–Kier alpha value is -7.07. The molecule has 6 rings (SSSR count). The molecule has 0 unspecified atom stereocenters. The summed E-state index contributed by atoms with van der Waals surface area (Å²) in [5.74, 6) is 0.712. The third-order valence-corrected chi connectivity index (χ3v) is 10.4. The third kappa shape index (κ3) is 7.44. The van der Waals surface area contributed by atoms with E-state index in [1.54, 1.807) is 36.4 Å². The van der Waals surface area contributed by atoms with Crippen molar-refractivity contribution in [3.8, 4) is 34.5 Å². The van der Waals surface area contributed by atoms with Crippen LogP contribution < -0.4 is 28.4 Å². The third-order valence-electron chi connectivity index (χ3n) is 10.4. The van der Waals surface area contributed by atoms with Gasteiger partial charge in [0.2, 0.25) is 11.5 Å². The highest BCUT2D eigenvalue weighted by atomic mass is 19.1. The van der Waals surface area contributed by atoms with Crippen LogP contribution in [0, 0.1) is 11.6 Å². The Labute approximate surface area is 334 Å². The van der Waals surface area contributed by atoms with Crippen LogP contribution in [0.3, 0.4) is 0 Å². The molecule has 0 heterocycles. The zero-order valence-corrected chi connectivity index (χ0v) is 33.2. The first-order chi connectivity index (χ1) is 27.9. The van der Waals surface area contributed by atoms with Gasteiger partial charge >= 0.3 is 17.2 Å². The van der Waals surface area contributed by atoms with Crippen LogP contribution in [-0.2, 0) is 4.79 Å². The van der Waals surface area contributed by atoms with E-state index in [2.05, 4.69) is 9.58 Å². The number of ketones is 1. The van der Waals surface area contributed by atoms with E-state index in [1.165, 1.54) is 66.9 Å². The minimum Gasteiger partial charge on any atom is -0.493 e. The molecule has 0 N–H and O–H groups in total. The molecule has 13 heteroatoms. The number of hydrogen-bond donors (Lipinski definition) is 0. The van der Waals surface area contributed by atoms with E-state index in [0.717, 1.165) is 11.1 Å². The van der Waals surface area contributed by atoms with Crippen molar-refractivity contribution >= 4 is 51.7 Å². The second-order valence-electron chi connectivity index (χ2n) is 13.4. The largest absolute Gasteiger partial charge is 0.493 e. The van der Waals surface area contributed by atoms with Gasteiger partial charge in [-0.05, 0) is 141 Å². The topological polar surface area (TPSA) is 145 Å². The highest BCUT2D eigenvalue weighted by Gasteiger charge is 2.38. The van der Waals surface area contributed by atoms with Gasteiger partial charge in [0.1, 0.15) is 11.6 Å². The summed E-state index contributed by atoms with van der Waals surface area (Å²) in [4.78, 5) is 20.8. The lowest BCUT2D eigenvalue weighted by atomic mass is 9.93. The van der Waals surface area contributed by atoms with Crippen LogP contribution in [0.15, 0.2) is 71.8 Å². The van der Waals surface area contributed by atoms with Crippen LogP contribution in [0.5, 0.6) is 34.5 Å². The number of allylic oxidation sites excluding steroid dienone is 6. The SMILES string of the molecule is COc1cc(/C=C2/C(C)=C(CC(=[N+]=[N-])C(=O)C(CC3=C(C)/C(=C/c4cc(OC)c(OC)c(OC)c4)c4ccc(F)cc43)=[N+]=[N-])c3cc(F)ccc32)cc(OC)c1OC. The molecule has 58 heavy (non-hydrogen) atoms. The molecular formula is C45H40F2N4O7. The number of rotatable bonds is 14. The molecule has 2 aliphatic carbocycles. The molecule has 0 aliphatic heterocycles. The van der Waals surface area contributed by atoms with Crippen molar-refractivity contribution in [3.63, 3.8) is 0 Å². The van der Waals surface area contributed by atoms with Gasteiger partial charge in [-0.15, -0.1) is 0 Å². The summed E-state index contributed by atoms with van der Waals surface area (Å²) < 4.78 is 62.7. The quantitative estimate of drug-likeness (QED) is 0.0704. The molecule has 4 aromatic rings. The second kappa shape index (κ2) is 17.0. The number of carbonyl (C=O) groups is 1. The number of Topliss-reactive ketones (excluding diaryl/α,β-unsaturated/α-hetero) is 1. The number of ether oxygens (including phenoxy) is 6. The maximum atomic E-state index is 14.8. The molecule has 0 bridgehead atoms. The van der Waals surface area contributed by atoms with Crippen molar-refractivity contribution < 1.29 is 51.6 Å². The van der Waals surface area contributed by atoms with E-state index in [4.69, 9.17) is 28.4 Å². The maximum absolute atomic E-state index is 14.8. The summed E-state index contributed by atoms with van der Waals surface area (Å²) in [5, 5.41) is 0. The monoisotopic (exact) mass is 786 g/mol. The minimum atomic E-state index is -0.856. The molecule has 0 atom stereocenters. The van der Waals surface area contributed by atoms with Gasteiger partial charge in [-0.1, -0.05) is 12.1 Å². The molecule has 0 saturated carbocycles. The lowest BCUT2D eigenvalue weighted by Gasteiger charge is -2.13.